The number of nitrogens with one attached hydrogen (secondary N) is 1. The fourth-order valence-corrected chi connectivity index (χ4v) is 2.36. The Morgan fingerprint density at radius 1 is 1.14 bits per heavy atom. The van der Waals surface area contributed by atoms with E-state index in [0.717, 1.165) is 27.0 Å². The van der Waals surface area contributed by atoms with Crippen molar-refractivity contribution >= 4 is 21.6 Å². The standard InChI is InChI=1S/C17H20BrNO2/c1-12-6-3-4-9-17(12)21-11-14(20)10-19-16-8-5-7-15(18)13(16)2/h3-9,14,19-20H,10-11H2,1-2H3. The molecule has 1 atom stereocenters. The average Bonchev–Trinajstić information content (AvgIpc) is 2.48. The monoisotopic (exact) mass is 349 g/mol. The molecule has 2 N–H and O–H groups in total. The summed E-state index contributed by atoms with van der Waals surface area (Å²) in [7, 11) is 0. The molecule has 0 aliphatic rings. The smallest absolute Gasteiger partial charge is 0.122 e. The van der Waals surface area contributed by atoms with E-state index >= 15 is 0 Å². The zero-order valence-corrected chi connectivity index (χ0v) is 13.9. The Morgan fingerprint density at radius 2 is 1.90 bits per heavy atom. The van der Waals surface area contributed by atoms with Gasteiger partial charge < -0.3 is 15.2 Å². The van der Waals surface area contributed by atoms with E-state index in [9.17, 15) is 5.11 Å². The Balaban J connectivity index is 1.84. The van der Waals surface area contributed by atoms with Gasteiger partial charge in [-0.2, -0.15) is 0 Å². The molecule has 21 heavy (non-hydrogen) atoms. The van der Waals surface area contributed by atoms with Crippen LogP contribution in [-0.4, -0.2) is 24.4 Å². The second-order valence-electron chi connectivity index (χ2n) is 5.02. The second kappa shape index (κ2) is 7.48. The SMILES string of the molecule is Cc1ccccc1OCC(O)CNc1cccc(Br)c1C. The van der Waals surface area contributed by atoms with Crippen LogP contribution in [0.5, 0.6) is 5.75 Å². The number of hydrogen-bond donors (Lipinski definition) is 2. The number of para-hydroxylation sites is 1. The number of rotatable bonds is 6. The first kappa shape index (κ1) is 15.9. The lowest BCUT2D eigenvalue weighted by molar-refractivity contribution is 0.117. The lowest BCUT2D eigenvalue weighted by atomic mass is 10.2. The maximum Gasteiger partial charge on any atom is 0.122 e. The van der Waals surface area contributed by atoms with Crippen LogP contribution >= 0.6 is 15.9 Å². The lowest BCUT2D eigenvalue weighted by Gasteiger charge is -2.16. The maximum absolute atomic E-state index is 10.0. The van der Waals surface area contributed by atoms with E-state index in [1.165, 1.54) is 0 Å². The minimum absolute atomic E-state index is 0.269. The number of hydrogen-bond acceptors (Lipinski definition) is 3. The van der Waals surface area contributed by atoms with Crippen LogP contribution in [-0.2, 0) is 0 Å². The van der Waals surface area contributed by atoms with Gasteiger partial charge in [0.15, 0.2) is 0 Å². The first-order valence-corrected chi connectivity index (χ1v) is 7.72. The lowest BCUT2D eigenvalue weighted by Crippen LogP contribution is -2.26. The van der Waals surface area contributed by atoms with Gasteiger partial charge in [0, 0.05) is 16.7 Å². The molecule has 3 nitrogen and oxygen atoms in total. The molecule has 2 aromatic carbocycles. The molecule has 0 amide bonds. The molecule has 0 fully saturated rings. The van der Waals surface area contributed by atoms with Gasteiger partial charge >= 0.3 is 0 Å². The summed E-state index contributed by atoms with van der Waals surface area (Å²) in [6.45, 7) is 4.74. The molecule has 0 bridgehead atoms. The zero-order valence-electron chi connectivity index (χ0n) is 12.3. The molecule has 0 aliphatic heterocycles. The van der Waals surface area contributed by atoms with Gasteiger partial charge in [0.2, 0.25) is 0 Å². The van der Waals surface area contributed by atoms with Crippen LogP contribution in [0.15, 0.2) is 46.9 Å². The summed E-state index contributed by atoms with van der Waals surface area (Å²) in [5, 5.41) is 13.3. The number of aliphatic hydroxyl groups is 1. The van der Waals surface area contributed by atoms with Crippen LogP contribution in [0.25, 0.3) is 0 Å². The van der Waals surface area contributed by atoms with Gasteiger partial charge in [-0.15, -0.1) is 0 Å². The van der Waals surface area contributed by atoms with E-state index in [1.807, 2.05) is 56.3 Å². The normalized spacial score (nSPS) is 12.0. The van der Waals surface area contributed by atoms with Gasteiger partial charge in [-0.1, -0.05) is 40.2 Å². The Kier molecular flexibility index (Phi) is 5.65. The largest absolute Gasteiger partial charge is 0.491 e. The van der Waals surface area contributed by atoms with Gasteiger partial charge in [0.25, 0.3) is 0 Å². The molecule has 0 saturated carbocycles. The summed E-state index contributed by atoms with van der Waals surface area (Å²) in [6, 6.07) is 13.8. The third kappa shape index (κ3) is 4.48. The number of halogens is 1. The molecule has 0 heterocycles. The highest BCUT2D eigenvalue weighted by molar-refractivity contribution is 9.10. The summed E-state index contributed by atoms with van der Waals surface area (Å²) in [5.74, 6) is 0.815. The Hall–Kier alpha value is -1.52. The van der Waals surface area contributed by atoms with Crippen molar-refractivity contribution < 1.29 is 9.84 Å². The summed E-state index contributed by atoms with van der Waals surface area (Å²) in [6.07, 6.45) is -0.567. The fourth-order valence-electron chi connectivity index (χ4n) is 1.99. The van der Waals surface area contributed by atoms with Crippen molar-refractivity contribution in [2.45, 2.75) is 20.0 Å². The molecule has 0 radical (unpaired) electrons. The number of aryl methyl sites for hydroxylation is 1. The van der Waals surface area contributed by atoms with Crippen molar-refractivity contribution in [2.24, 2.45) is 0 Å². The van der Waals surface area contributed by atoms with E-state index in [2.05, 4.69) is 21.2 Å². The van der Waals surface area contributed by atoms with Crippen molar-refractivity contribution in [1.29, 1.82) is 0 Å². The summed E-state index contributed by atoms with van der Waals surface area (Å²) in [4.78, 5) is 0. The van der Waals surface area contributed by atoms with Gasteiger partial charge in [-0.3, -0.25) is 0 Å². The molecule has 112 valence electrons. The number of ether oxygens (including phenoxy) is 1. The van der Waals surface area contributed by atoms with Crippen LogP contribution in [0.3, 0.4) is 0 Å². The van der Waals surface area contributed by atoms with Gasteiger partial charge in [-0.05, 0) is 43.2 Å². The van der Waals surface area contributed by atoms with Crippen LogP contribution in [0.1, 0.15) is 11.1 Å². The summed E-state index contributed by atoms with van der Waals surface area (Å²) < 4.78 is 6.70. The Bertz CT molecular complexity index is 601. The molecule has 0 aliphatic carbocycles. The summed E-state index contributed by atoms with van der Waals surface area (Å²) >= 11 is 3.50. The first-order valence-electron chi connectivity index (χ1n) is 6.93. The zero-order chi connectivity index (χ0) is 15.2. The minimum Gasteiger partial charge on any atom is -0.491 e. The predicted octanol–water partition coefficient (Wildman–Crippen LogP) is 3.92. The molecule has 0 spiro atoms. The van der Waals surface area contributed by atoms with Crippen LogP contribution < -0.4 is 10.1 Å². The molecular weight excluding hydrogens is 330 g/mol. The van der Waals surface area contributed by atoms with Crippen molar-refractivity contribution in [1.82, 2.24) is 0 Å². The quantitative estimate of drug-likeness (QED) is 0.830. The highest BCUT2D eigenvalue weighted by atomic mass is 79.9. The van der Waals surface area contributed by atoms with Crippen molar-refractivity contribution in [2.75, 3.05) is 18.5 Å². The molecule has 0 aromatic heterocycles. The van der Waals surface area contributed by atoms with Gasteiger partial charge in [-0.25, -0.2) is 0 Å². The van der Waals surface area contributed by atoms with E-state index in [0.29, 0.717) is 6.54 Å². The van der Waals surface area contributed by atoms with E-state index in [4.69, 9.17) is 4.74 Å². The topological polar surface area (TPSA) is 41.5 Å². The fraction of sp³-hybridized carbons (Fsp3) is 0.294. The summed E-state index contributed by atoms with van der Waals surface area (Å²) in [5.41, 5.74) is 3.21. The van der Waals surface area contributed by atoms with Crippen molar-refractivity contribution in [3.8, 4) is 5.75 Å². The van der Waals surface area contributed by atoms with Crippen LogP contribution in [0, 0.1) is 13.8 Å². The third-order valence-corrected chi connectivity index (χ3v) is 4.18. The highest BCUT2D eigenvalue weighted by Gasteiger charge is 2.08. The minimum atomic E-state index is -0.567. The van der Waals surface area contributed by atoms with Crippen molar-refractivity contribution in [3.05, 3.63) is 58.1 Å². The number of aliphatic hydroxyl groups excluding tert-OH is 1. The molecule has 2 aromatic rings. The molecule has 0 saturated heterocycles. The molecule has 4 heteroatoms. The van der Waals surface area contributed by atoms with E-state index in [1.54, 1.807) is 0 Å². The molecule has 1 unspecified atom stereocenters. The molecular formula is C17H20BrNO2. The van der Waals surface area contributed by atoms with Crippen LogP contribution in [0.4, 0.5) is 5.69 Å². The third-order valence-electron chi connectivity index (χ3n) is 3.32. The average molecular weight is 350 g/mol. The first-order chi connectivity index (χ1) is 10.1. The van der Waals surface area contributed by atoms with Gasteiger partial charge in [0.1, 0.15) is 18.5 Å². The number of benzene rings is 2. The highest BCUT2D eigenvalue weighted by Crippen LogP contribution is 2.23. The maximum atomic E-state index is 10.0. The predicted molar refractivity (Wildman–Crippen MR) is 90.0 cm³/mol. The van der Waals surface area contributed by atoms with Gasteiger partial charge in [0.05, 0.1) is 0 Å². The molecule has 2 rings (SSSR count). The van der Waals surface area contributed by atoms with E-state index < -0.39 is 6.10 Å². The van der Waals surface area contributed by atoms with E-state index in [-0.39, 0.29) is 6.61 Å². The number of anilines is 1. The Morgan fingerprint density at radius 3 is 2.67 bits per heavy atom. The second-order valence-corrected chi connectivity index (χ2v) is 5.88. The van der Waals surface area contributed by atoms with Crippen molar-refractivity contribution in [3.63, 3.8) is 0 Å². The van der Waals surface area contributed by atoms with Crippen LogP contribution in [0.2, 0.25) is 0 Å². The Labute approximate surface area is 134 Å².